The molecule has 6 nitrogen and oxygen atoms in total. The van der Waals surface area contributed by atoms with Crippen LogP contribution < -0.4 is 10.6 Å². The molecule has 1 aromatic carbocycles. The Kier molecular flexibility index (Phi) is 6.02. The molecule has 2 aromatic heterocycles. The molecule has 0 aliphatic carbocycles. The summed E-state index contributed by atoms with van der Waals surface area (Å²) in [5.74, 6) is -0.386. The van der Waals surface area contributed by atoms with E-state index in [-0.39, 0.29) is 11.8 Å². The van der Waals surface area contributed by atoms with E-state index in [0.29, 0.717) is 34.7 Å². The molecule has 0 saturated carbocycles. The molecular formula is C23H24N4O2. The van der Waals surface area contributed by atoms with E-state index in [9.17, 15) is 9.59 Å². The van der Waals surface area contributed by atoms with Gasteiger partial charge >= 0.3 is 0 Å². The topological polar surface area (TPSA) is 84.0 Å². The molecule has 6 heteroatoms. The van der Waals surface area contributed by atoms with Crippen molar-refractivity contribution in [2.24, 2.45) is 0 Å². The molecule has 0 unspecified atom stereocenters. The highest BCUT2D eigenvalue weighted by atomic mass is 16.2. The summed E-state index contributed by atoms with van der Waals surface area (Å²) in [4.78, 5) is 33.6. The largest absolute Gasteiger partial charge is 0.348 e. The third-order valence-electron chi connectivity index (χ3n) is 4.58. The first kappa shape index (κ1) is 20.2. The number of hydrogen-bond donors (Lipinski definition) is 2. The Morgan fingerprint density at radius 3 is 1.97 bits per heavy atom. The maximum atomic E-state index is 12.5. The van der Waals surface area contributed by atoms with Crippen molar-refractivity contribution in [2.45, 2.75) is 34.2 Å². The first-order valence-corrected chi connectivity index (χ1v) is 9.40. The van der Waals surface area contributed by atoms with Crippen molar-refractivity contribution in [2.75, 3.05) is 5.32 Å². The fraction of sp³-hybridized carbons (Fsp3) is 0.217. The van der Waals surface area contributed by atoms with Crippen molar-refractivity contribution in [3.8, 4) is 0 Å². The average Bonchev–Trinajstić information content (AvgIpc) is 2.66. The third-order valence-corrected chi connectivity index (χ3v) is 4.58. The second-order valence-electron chi connectivity index (χ2n) is 7.01. The highest BCUT2D eigenvalue weighted by Crippen LogP contribution is 2.14. The molecule has 0 aliphatic heterocycles. The van der Waals surface area contributed by atoms with Crippen molar-refractivity contribution in [1.82, 2.24) is 15.3 Å². The quantitative estimate of drug-likeness (QED) is 0.694. The highest BCUT2D eigenvalue weighted by molar-refractivity contribution is 6.05. The number of amides is 2. The lowest BCUT2D eigenvalue weighted by Crippen LogP contribution is -2.24. The summed E-state index contributed by atoms with van der Waals surface area (Å²) in [7, 11) is 0. The predicted molar refractivity (Wildman–Crippen MR) is 113 cm³/mol. The van der Waals surface area contributed by atoms with Crippen LogP contribution in [0.1, 0.15) is 49.1 Å². The maximum Gasteiger partial charge on any atom is 0.257 e. The lowest BCUT2D eigenvalue weighted by molar-refractivity contribution is 0.0948. The van der Waals surface area contributed by atoms with E-state index in [0.717, 1.165) is 17.0 Å². The molecule has 3 aromatic rings. The normalized spacial score (nSPS) is 10.5. The molecule has 0 atom stereocenters. The van der Waals surface area contributed by atoms with Gasteiger partial charge in [-0.1, -0.05) is 12.1 Å². The van der Waals surface area contributed by atoms with Crippen LogP contribution >= 0.6 is 0 Å². The Morgan fingerprint density at radius 1 is 0.793 bits per heavy atom. The number of rotatable bonds is 5. The van der Waals surface area contributed by atoms with Gasteiger partial charge in [0.15, 0.2) is 0 Å². The molecular weight excluding hydrogens is 364 g/mol. The van der Waals surface area contributed by atoms with E-state index in [4.69, 9.17) is 0 Å². The minimum atomic E-state index is -0.211. The van der Waals surface area contributed by atoms with Crippen LogP contribution in [0, 0.1) is 27.7 Å². The van der Waals surface area contributed by atoms with Gasteiger partial charge in [0, 0.05) is 23.6 Å². The Balaban J connectivity index is 1.66. The summed E-state index contributed by atoms with van der Waals surface area (Å²) in [5.41, 5.74) is 5.78. The summed E-state index contributed by atoms with van der Waals surface area (Å²) in [6, 6.07) is 14.6. The first-order chi connectivity index (χ1) is 13.8. The van der Waals surface area contributed by atoms with Crippen molar-refractivity contribution in [1.29, 1.82) is 0 Å². The van der Waals surface area contributed by atoms with Crippen LogP contribution in [0.2, 0.25) is 0 Å². The molecule has 0 bridgehead atoms. The molecule has 0 saturated heterocycles. The second kappa shape index (κ2) is 8.65. The van der Waals surface area contributed by atoms with Crippen LogP contribution in [-0.2, 0) is 6.54 Å². The monoisotopic (exact) mass is 388 g/mol. The molecule has 2 N–H and O–H groups in total. The number of carbonyl (C=O) groups is 2. The fourth-order valence-electron chi connectivity index (χ4n) is 3.09. The lowest BCUT2D eigenvalue weighted by atomic mass is 10.1. The van der Waals surface area contributed by atoms with Gasteiger partial charge in [0.25, 0.3) is 11.8 Å². The minimum Gasteiger partial charge on any atom is -0.348 e. The van der Waals surface area contributed by atoms with Gasteiger partial charge in [-0.2, -0.15) is 0 Å². The Bertz CT molecular complexity index is 1080. The zero-order valence-corrected chi connectivity index (χ0v) is 17.0. The summed E-state index contributed by atoms with van der Waals surface area (Å²) in [5, 5.41) is 5.79. The number of nitrogens with zero attached hydrogens (tertiary/aromatic N) is 2. The van der Waals surface area contributed by atoms with Gasteiger partial charge in [-0.05, 0) is 69.7 Å². The summed E-state index contributed by atoms with van der Waals surface area (Å²) >= 11 is 0. The molecule has 29 heavy (non-hydrogen) atoms. The van der Waals surface area contributed by atoms with E-state index in [1.165, 1.54) is 0 Å². The minimum absolute atomic E-state index is 0.175. The molecule has 2 amide bonds. The summed E-state index contributed by atoms with van der Waals surface area (Å²) in [6.45, 7) is 7.76. The number of hydrogen-bond acceptors (Lipinski definition) is 4. The number of nitrogens with one attached hydrogen (secondary N) is 2. The Morgan fingerprint density at radius 2 is 1.38 bits per heavy atom. The first-order valence-electron chi connectivity index (χ1n) is 9.40. The smallest absolute Gasteiger partial charge is 0.257 e. The van der Waals surface area contributed by atoms with Crippen LogP contribution in [0.25, 0.3) is 0 Å². The van der Waals surface area contributed by atoms with Crippen LogP contribution in [0.4, 0.5) is 5.69 Å². The van der Waals surface area contributed by atoms with E-state index in [1.54, 1.807) is 12.1 Å². The molecule has 2 heterocycles. The van der Waals surface area contributed by atoms with E-state index in [2.05, 4.69) is 20.6 Å². The van der Waals surface area contributed by atoms with Crippen molar-refractivity contribution in [3.05, 3.63) is 88.0 Å². The SMILES string of the molecule is Cc1ccc(C(=O)NCc2cccc(NC(=O)c3ccc(C)nc3C)c2)c(C)n1. The second-order valence-corrected chi connectivity index (χ2v) is 7.01. The van der Waals surface area contributed by atoms with E-state index < -0.39 is 0 Å². The van der Waals surface area contributed by atoms with Crippen molar-refractivity contribution in [3.63, 3.8) is 0 Å². The van der Waals surface area contributed by atoms with Gasteiger partial charge in [-0.15, -0.1) is 0 Å². The van der Waals surface area contributed by atoms with Gasteiger partial charge in [0.1, 0.15) is 0 Å². The fourth-order valence-corrected chi connectivity index (χ4v) is 3.09. The molecule has 148 valence electrons. The Labute approximate surface area is 170 Å². The zero-order chi connectivity index (χ0) is 21.0. The van der Waals surface area contributed by atoms with Crippen molar-refractivity contribution < 1.29 is 9.59 Å². The maximum absolute atomic E-state index is 12.5. The number of aromatic nitrogens is 2. The van der Waals surface area contributed by atoms with E-state index in [1.807, 2.05) is 64.1 Å². The van der Waals surface area contributed by atoms with Crippen LogP contribution in [0.3, 0.4) is 0 Å². The molecule has 0 spiro atoms. The van der Waals surface area contributed by atoms with Gasteiger partial charge in [0.2, 0.25) is 0 Å². The third kappa shape index (κ3) is 5.04. The summed E-state index contributed by atoms with van der Waals surface area (Å²) in [6.07, 6.45) is 0. The lowest BCUT2D eigenvalue weighted by Gasteiger charge is -2.11. The summed E-state index contributed by atoms with van der Waals surface area (Å²) < 4.78 is 0. The van der Waals surface area contributed by atoms with Crippen molar-refractivity contribution >= 4 is 17.5 Å². The van der Waals surface area contributed by atoms with Crippen LogP contribution in [-0.4, -0.2) is 21.8 Å². The molecule has 0 radical (unpaired) electrons. The van der Waals surface area contributed by atoms with Gasteiger partial charge in [-0.25, -0.2) is 0 Å². The average molecular weight is 388 g/mol. The van der Waals surface area contributed by atoms with Gasteiger partial charge < -0.3 is 10.6 Å². The molecule has 0 fully saturated rings. The van der Waals surface area contributed by atoms with Gasteiger partial charge in [0.05, 0.1) is 22.5 Å². The predicted octanol–water partition coefficient (Wildman–Crippen LogP) is 3.89. The standard InChI is InChI=1S/C23H24N4O2/c1-14-8-10-20(16(3)25-14)22(28)24-13-18-6-5-7-19(12-18)27-23(29)21-11-9-15(2)26-17(21)4/h5-12H,13H2,1-4H3,(H,24,28)(H,27,29). The van der Waals surface area contributed by atoms with Crippen LogP contribution in [0.5, 0.6) is 0 Å². The molecule has 0 aliphatic rings. The molecule has 3 rings (SSSR count). The van der Waals surface area contributed by atoms with Gasteiger partial charge in [-0.3, -0.25) is 19.6 Å². The number of anilines is 1. The zero-order valence-electron chi connectivity index (χ0n) is 17.0. The number of aryl methyl sites for hydroxylation is 4. The van der Waals surface area contributed by atoms with Crippen LogP contribution in [0.15, 0.2) is 48.5 Å². The highest BCUT2D eigenvalue weighted by Gasteiger charge is 2.12. The number of benzene rings is 1. The van der Waals surface area contributed by atoms with E-state index >= 15 is 0 Å². The number of pyridine rings is 2. The Hall–Kier alpha value is -3.54. The number of carbonyl (C=O) groups excluding carboxylic acids is 2.